The summed E-state index contributed by atoms with van der Waals surface area (Å²) < 4.78 is 26.5. The molecule has 2 nitrogen and oxygen atoms in total. The summed E-state index contributed by atoms with van der Waals surface area (Å²) in [4.78, 5) is 7.37. The van der Waals surface area contributed by atoms with Gasteiger partial charge in [-0.2, -0.15) is 0 Å². The van der Waals surface area contributed by atoms with Crippen molar-refractivity contribution in [3.05, 3.63) is 77.6 Å². The lowest BCUT2D eigenvalue weighted by Gasteiger charge is -2.01. The Kier molecular flexibility index (Phi) is 2.89. The fraction of sp³-hybridized carbons (Fsp3) is 0.0556. The molecule has 108 valence electrons. The van der Waals surface area contributed by atoms with Crippen molar-refractivity contribution in [3.63, 3.8) is 0 Å². The molecule has 4 heteroatoms. The number of hydrogen-bond acceptors (Lipinski definition) is 1. The number of H-pyrrole nitrogens is 1. The van der Waals surface area contributed by atoms with Crippen LogP contribution >= 0.6 is 0 Å². The van der Waals surface area contributed by atoms with E-state index in [4.69, 9.17) is 0 Å². The molecule has 1 heterocycles. The van der Waals surface area contributed by atoms with E-state index in [0.29, 0.717) is 23.3 Å². The highest BCUT2D eigenvalue weighted by molar-refractivity contribution is 5.83. The molecule has 0 amide bonds. The summed E-state index contributed by atoms with van der Waals surface area (Å²) in [6, 6.07) is 16.6. The van der Waals surface area contributed by atoms with Gasteiger partial charge in [0.1, 0.15) is 5.82 Å². The molecule has 1 aromatic heterocycles. The minimum atomic E-state index is -0.878. The van der Waals surface area contributed by atoms with Crippen LogP contribution in [0.25, 0.3) is 21.8 Å². The molecule has 0 aliphatic heterocycles. The number of nitrogens with one attached hydrogen (secondary N) is 1. The van der Waals surface area contributed by atoms with E-state index < -0.39 is 11.6 Å². The molecular weight excluding hydrogens is 282 g/mol. The number of aromatic amines is 1. The van der Waals surface area contributed by atoms with Gasteiger partial charge < -0.3 is 4.98 Å². The summed E-state index contributed by atoms with van der Waals surface area (Å²) >= 11 is 0. The maximum absolute atomic E-state index is 13.2. The number of halogens is 2. The zero-order chi connectivity index (χ0) is 15.1. The van der Waals surface area contributed by atoms with Gasteiger partial charge in [0.05, 0.1) is 11.0 Å². The van der Waals surface area contributed by atoms with Crippen molar-refractivity contribution < 1.29 is 8.78 Å². The molecule has 0 bridgehead atoms. The van der Waals surface area contributed by atoms with Gasteiger partial charge in [-0.1, -0.05) is 42.5 Å². The zero-order valence-electron chi connectivity index (χ0n) is 11.6. The lowest BCUT2D eigenvalue weighted by molar-refractivity contribution is 0.510. The van der Waals surface area contributed by atoms with Gasteiger partial charge in [0.2, 0.25) is 0 Å². The molecule has 0 fully saturated rings. The molecule has 0 spiro atoms. The summed E-state index contributed by atoms with van der Waals surface area (Å²) in [5, 5.41) is 2.34. The molecule has 4 rings (SSSR count). The minimum absolute atomic E-state index is 0.440. The molecule has 0 saturated heterocycles. The van der Waals surface area contributed by atoms with Gasteiger partial charge in [-0.15, -0.1) is 0 Å². The summed E-state index contributed by atoms with van der Waals surface area (Å²) in [6.45, 7) is 0. The van der Waals surface area contributed by atoms with Gasteiger partial charge in [0.25, 0.3) is 0 Å². The van der Waals surface area contributed by atoms with Crippen molar-refractivity contribution in [1.29, 1.82) is 0 Å². The fourth-order valence-electron chi connectivity index (χ4n) is 2.68. The van der Waals surface area contributed by atoms with Crippen LogP contribution in [0.15, 0.2) is 54.6 Å². The normalized spacial score (nSPS) is 11.4. The van der Waals surface area contributed by atoms with Crippen molar-refractivity contribution >= 4 is 21.8 Å². The van der Waals surface area contributed by atoms with Gasteiger partial charge in [0, 0.05) is 18.6 Å². The van der Waals surface area contributed by atoms with Crippen LogP contribution < -0.4 is 0 Å². The Hall–Kier alpha value is -2.75. The van der Waals surface area contributed by atoms with Crippen LogP contribution in [-0.4, -0.2) is 9.97 Å². The number of benzene rings is 3. The molecule has 0 aliphatic rings. The SMILES string of the molecule is Fc1cc2nc(Cc3ccc4ccccc4c3)[nH]c2cc1F. The molecule has 1 N–H and O–H groups in total. The third-order valence-electron chi connectivity index (χ3n) is 3.76. The topological polar surface area (TPSA) is 28.7 Å². The first kappa shape index (κ1) is 13.0. The van der Waals surface area contributed by atoms with E-state index in [1.54, 1.807) is 0 Å². The number of imidazole rings is 1. The Bertz CT molecular complexity index is 950. The molecule has 4 aromatic rings. The van der Waals surface area contributed by atoms with E-state index in [0.717, 1.165) is 23.1 Å². The summed E-state index contributed by atoms with van der Waals surface area (Å²) in [5.74, 6) is -1.06. The molecule has 0 radical (unpaired) electrons. The van der Waals surface area contributed by atoms with Crippen LogP contribution in [-0.2, 0) is 6.42 Å². The van der Waals surface area contributed by atoms with E-state index in [-0.39, 0.29) is 0 Å². The molecule has 22 heavy (non-hydrogen) atoms. The Labute approximate surface area is 125 Å². The van der Waals surface area contributed by atoms with Crippen molar-refractivity contribution in [1.82, 2.24) is 9.97 Å². The molecule has 3 aromatic carbocycles. The number of nitrogens with zero attached hydrogens (tertiary/aromatic N) is 1. The highest BCUT2D eigenvalue weighted by Gasteiger charge is 2.09. The van der Waals surface area contributed by atoms with E-state index in [2.05, 4.69) is 34.2 Å². The molecule has 0 aliphatic carbocycles. The molecular formula is C18H12F2N2. The molecule has 0 unspecified atom stereocenters. The molecule has 0 atom stereocenters. The van der Waals surface area contributed by atoms with E-state index >= 15 is 0 Å². The monoisotopic (exact) mass is 294 g/mol. The van der Waals surface area contributed by atoms with E-state index in [9.17, 15) is 8.78 Å². The van der Waals surface area contributed by atoms with E-state index in [1.807, 2.05) is 18.2 Å². The summed E-state index contributed by atoms with van der Waals surface area (Å²) in [6.07, 6.45) is 0.586. The smallest absolute Gasteiger partial charge is 0.161 e. The molecule has 0 saturated carbocycles. The third-order valence-corrected chi connectivity index (χ3v) is 3.76. The number of fused-ring (bicyclic) bond motifs is 2. The predicted octanol–water partition coefficient (Wildman–Crippen LogP) is 4.59. The Balaban J connectivity index is 1.72. The predicted molar refractivity (Wildman–Crippen MR) is 82.8 cm³/mol. The van der Waals surface area contributed by atoms with Gasteiger partial charge in [-0.05, 0) is 16.3 Å². The largest absolute Gasteiger partial charge is 0.342 e. The maximum Gasteiger partial charge on any atom is 0.161 e. The number of aromatic nitrogens is 2. The quantitative estimate of drug-likeness (QED) is 0.575. The van der Waals surface area contributed by atoms with Gasteiger partial charge in [0.15, 0.2) is 11.6 Å². The van der Waals surface area contributed by atoms with Crippen molar-refractivity contribution in [3.8, 4) is 0 Å². The highest BCUT2D eigenvalue weighted by atomic mass is 19.2. The Morgan fingerprint density at radius 2 is 1.64 bits per heavy atom. The summed E-state index contributed by atoms with van der Waals surface area (Å²) in [5.41, 5.74) is 2.04. The van der Waals surface area contributed by atoms with Crippen LogP contribution in [0, 0.1) is 11.6 Å². The van der Waals surface area contributed by atoms with Crippen molar-refractivity contribution in [2.45, 2.75) is 6.42 Å². The van der Waals surface area contributed by atoms with Gasteiger partial charge in [-0.25, -0.2) is 13.8 Å². The number of hydrogen-bond donors (Lipinski definition) is 1. The van der Waals surface area contributed by atoms with Crippen molar-refractivity contribution in [2.24, 2.45) is 0 Å². The second kappa shape index (κ2) is 4.91. The van der Waals surface area contributed by atoms with Crippen LogP contribution in [0.1, 0.15) is 11.4 Å². The van der Waals surface area contributed by atoms with Crippen LogP contribution in [0.2, 0.25) is 0 Å². The first-order valence-electron chi connectivity index (χ1n) is 7.00. The summed E-state index contributed by atoms with van der Waals surface area (Å²) in [7, 11) is 0. The standard InChI is InChI=1S/C18H12F2N2/c19-14-9-16-17(10-15(14)20)22-18(21-16)8-11-5-6-12-3-1-2-4-13(12)7-11/h1-7,9-10H,8H2,(H,21,22). The van der Waals surface area contributed by atoms with Crippen LogP contribution in [0.5, 0.6) is 0 Å². The van der Waals surface area contributed by atoms with Gasteiger partial charge in [-0.3, -0.25) is 0 Å². The maximum atomic E-state index is 13.2. The lowest BCUT2D eigenvalue weighted by atomic mass is 10.1. The zero-order valence-corrected chi connectivity index (χ0v) is 11.6. The fourth-order valence-corrected chi connectivity index (χ4v) is 2.68. The average Bonchev–Trinajstić information content (AvgIpc) is 2.89. The first-order valence-corrected chi connectivity index (χ1v) is 7.00. The third kappa shape index (κ3) is 2.22. The van der Waals surface area contributed by atoms with Gasteiger partial charge >= 0.3 is 0 Å². The second-order valence-electron chi connectivity index (χ2n) is 5.33. The van der Waals surface area contributed by atoms with Crippen molar-refractivity contribution in [2.75, 3.05) is 0 Å². The Morgan fingerprint density at radius 3 is 2.50 bits per heavy atom. The lowest BCUT2D eigenvalue weighted by Crippen LogP contribution is -1.90. The number of rotatable bonds is 2. The van der Waals surface area contributed by atoms with E-state index in [1.165, 1.54) is 5.39 Å². The van der Waals surface area contributed by atoms with Crippen LogP contribution in [0.4, 0.5) is 8.78 Å². The van der Waals surface area contributed by atoms with Crippen LogP contribution in [0.3, 0.4) is 0 Å². The average molecular weight is 294 g/mol. The highest BCUT2D eigenvalue weighted by Crippen LogP contribution is 2.20. The second-order valence-corrected chi connectivity index (χ2v) is 5.33. The first-order chi connectivity index (χ1) is 10.7. The minimum Gasteiger partial charge on any atom is -0.342 e. The Morgan fingerprint density at radius 1 is 0.864 bits per heavy atom.